The van der Waals surface area contributed by atoms with Crippen molar-refractivity contribution >= 4 is 23.8 Å². The predicted octanol–water partition coefficient (Wildman–Crippen LogP) is 2.51. The van der Waals surface area contributed by atoms with E-state index in [1.54, 1.807) is 30.3 Å². The summed E-state index contributed by atoms with van der Waals surface area (Å²) < 4.78 is 10.1. The molecule has 0 atom stereocenters. The second kappa shape index (κ2) is 9.03. The molecule has 0 radical (unpaired) electrons. The zero-order valence-corrected chi connectivity index (χ0v) is 13.6. The highest BCUT2D eigenvalue weighted by Crippen LogP contribution is 2.16. The Balaban J connectivity index is 1.99. The van der Waals surface area contributed by atoms with Crippen molar-refractivity contribution in [2.75, 3.05) is 13.2 Å². The van der Waals surface area contributed by atoms with Crippen LogP contribution in [0.4, 0.5) is 0 Å². The lowest BCUT2D eigenvalue weighted by molar-refractivity contribution is -0.140. The summed E-state index contributed by atoms with van der Waals surface area (Å²) in [4.78, 5) is 33.1. The largest absolute Gasteiger partial charge is 0.482 e. The summed E-state index contributed by atoms with van der Waals surface area (Å²) in [5.41, 5.74) is 1.10. The highest BCUT2D eigenvalue weighted by Gasteiger charge is 2.04. The summed E-state index contributed by atoms with van der Waals surface area (Å²) in [5, 5.41) is 17.2. The number of hydrogen-bond acceptors (Lipinski definition) is 5. The molecule has 0 aliphatic carbocycles. The van der Waals surface area contributed by atoms with Crippen molar-refractivity contribution in [3.63, 3.8) is 0 Å². The van der Waals surface area contributed by atoms with Crippen molar-refractivity contribution < 1.29 is 34.1 Å². The monoisotopic (exact) mass is 356 g/mol. The zero-order chi connectivity index (χ0) is 18.9. The van der Waals surface area contributed by atoms with E-state index in [0.717, 1.165) is 0 Å². The molecule has 0 saturated carbocycles. The van der Waals surface area contributed by atoms with Crippen LogP contribution in [0.1, 0.15) is 15.9 Å². The lowest BCUT2D eigenvalue weighted by Crippen LogP contribution is -2.09. The lowest BCUT2D eigenvalue weighted by atomic mass is 10.1. The SMILES string of the molecule is O=C(O)COc1ccc(C(=O)C=Cc2cccc(OCC(=O)O)c2)cc1. The summed E-state index contributed by atoms with van der Waals surface area (Å²) >= 11 is 0. The molecule has 0 aliphatic heterocycles. The maximum absolute atomic E-state index is 12.2. The van der Waals surface area contributed by atoms with Crippen LogP contribution in [0, 0.1) is 0 Å². The standard InChI is InChI=1S/C19H16O7/c20-17(14-5-7-15(8-6-14)25-11-18(21)22)9-4-13-2-1-3-16(10-13)26-12-19(23)24/h1-10H,11-12H2,(H,21,22)(H,23,24). The number of carbonyl (C=O) groups is 3. The molecule has 0 unspecified atom stereocenters. The Bertz CT molecular complexity index is 822. The van der Waals surface area contributed by atoms with Crippen molar-refractivity contribution in [2.24, 2.45) is 0 Å². The molecule has 0 saturated heterocycles. The fourth-order valence-electron chi connectivity index (χ4n) is 1.98. The molecule has 7 nitrogen and oxygen atoms in total. The summed E-state index contributed by atoms with van der Waals surface area (Å²) in [5.74, 6) is -1.65. The number of carbonyl (C=O) groups excluding carboxylic acids is 1. The van der Waals surface area contributed by atoms with E-state index in [0.29, 0.717) is 22.6 Å². The van der Waals surface area contributed by atoms with E-state index in [1.807, 2.05) is 0 Å². The number of ketones is 1. The molecular weight excluding hydrogens is 340 g/mol. The molecule has 2 aromatic carbocycles. The first kappa shape index (κ1) is 18.7. The van der Waals surface area contributed by atoms with Gasteiger partial charge < -0.3 is 19.7 Å². The van der Waals surface area contributed by atoms with E-state index < -0.39 is 25.2 Å². The Morgan fingerprint density at radius 3 is 2.08 bits per heavy atom. The maximum atomic E-state index is 12.2. The predicted molar refractivity (Wildman–Crippen MR) is 92.5 cm³/mol. The van der Waals surface area contributed by atoms with Crippen LogP contribution < -0.4 is 9.47 Å². The molecule has 0 aromatic heterocycles. The van der Waals surface area contributed by atoms with Gasteiger partial charge >= 0.3 is 11.9 Å². The number of ether oxygens (including phenoxy) is 2. The fraction of sp³-hybridized carbons (Fsp3) is 0.105. The third-order valence-corrected chi connectivity index (χ3v) is 3.15. The third-order valence-electron chi connectivity index (χ3n) is 3.15. The van der Waals surface area contributed by atoms with Crippen LogP contribution in [0.15, 0.2) is 54.6 Å². The van der Waals surface area contributed by atoms with E-state index in [4.69, 9.17) is 19.7 Å². The van der Waals surface area contributed by atoms with E-state index in [2.05, 4.69) is 0 Å². The average molecular weight is 356 g/mol. The minimum Gasteiger partial charge on any atom is -0.482 e. The summed E-state index contributed by atoms with van der Waals surface area (Å²) in [6.07, 6.45) is 2.97. The third kappa shape index (κ3) is 6.12. The lowest BCUT2D eigenvalue weighted by Gasteiger charge is -2.04. The molecule has 2 rings (SSSR count). The number of aliphatic carboxylic acids is 2. The maximum Gasteiger partial charge on any atom is 0.341 e. The Hall–Kier alpha value is -3.61. The van der Waals surface area contributed by atoms with Gasteiger partial charge in [-0.25, -0.2) is 9.59 Å². The van der Waals surface area contributed by atoms with Gasteiger partial charge in [-0.2, -0.15) is 0 Å². The molecular formula is C19H16O7. The number of rotatable bonds is 9. The molecule has 2 N–H and O–H groups in total. The molecule has 0 aliphatic rings. The Labute approximate surface area is 149 Å². The van der Waals surface area contributed by atoms with Gasteiger partial charge in [0.15, 0.2) is 19.0 Å². The summed E-state index contributed by atoms with van der Waals surface area (Å²) in [7, 11) is 0. The van der Waals surface area contributed by atoms with Crippen LogP contribution in [-0.4, -0.2) is 41.1 Å². The van der Waals surface area contributed by atoms with Crippen molar-refractivity contribution in [1.82, 2.24) is 0 Å². The fourth-order valence-corrected chi connectivity index (χ4v) is 1.98. The van der Waals surface area contributed by atoms with E-state index in [-0.39, 0.29) is 5.78 Å². The minimum absolute atomic E-state index is 0.244. The number of benzene rings is 2. The molecule has 0 heterocycles. The molecule has 0 fully saturated rings. The molecule has 26 heavy (non-hydrogen) atoms. The van der Waals surface area contributed by atoms with Crippen LogP contribution in [-0.2, 0) is 9.59 Å². The molecule has 0 spiro atoms. The van der Waals surface area contributed by atoms with Crippen molar-refractivity contribution in [3.8, 4) is 11.5 Å². The molecule has 7 heteroatoms. The smallest absolute Gasteiger partial charge is 0.341 e. The second-order valence-electron chi connectivity index (χ2n) is 5.16. The first-order chi connectivity index (χ1) is 12.4. The normalized spacial score (nSPS) is 10.5. The van der Waals surface area contributed by atoms with Gasteiger partial charge in [-0.15, -0.1) is 0 Å². The molecule has 0 bridgehead atoms. The first-order valence-corrected chi connectivity index (χ1v) is 7.56. The van der Waals surface area contributed by atoms with Crippen LogP contribution in [0.25, 0.3) is 6.08 Å². The molecule has 134 valence electrons. The van der Waals surface area contributed by atoms with Gasteiger partial charge in [-0.1, -0.05) is 18.2 Å². The summed E-state index contributed by atoms with van der Waals surface area (Å²) in [6, 6.07) is 12.8. The number of allylic oxidation sites excluding steroid dienone is 1. The Kier molecular flexibility index (Phi) is 6.50. The van der Waals surface area contributed by atoms with Crippen molar-refractivity contribution in [3.05, 3.63) is 65.7 Å². The average Bonchev–Trinajstić information content (AvgIpc) is 2.63. The first-order valence-electron chi connectivity index (χ1n) is 7.56. The van der Waals surface area contributed by atoms with E-state index in [9.17, 15) is 14.4 Å². The molecule has 0 amide bonds. The van der Waals surface area contributed by atoms with Gasteiger partial charge in [0, 0.05) is 5.56 Å². The second-order valence-corrected chi connectivity index (χ2v) is 5.16. The highest BCUT2D eigenvalue weighted by atomic mass is 16.5. The van der Waals surface area contributed by atoms with Crippen LogP contribution in [0.3, 0.4) is 0 Å². The van der Waals surface area contributed by atoms with Gasteiger partial charge in [0.25, 0.3) is 0 Å². The topological polar surface area (TPSA) is 110 Å². The van der Waals surface area contributed by atoms with Crippen LogP contribution >= 0.6 is 0 Å². The number of carboxylic acid groups (broad SMARTS) is 2. The Morgan fingerprint density at radius 1 is 0.846 bits per heavy atom. The van der Waals surface area contributed by atoms with Gasteiger partial charge in [0.1, 0.15) is 11.5 Å². The molecule has 2 aromatic rings. The van der Waals surface area contributed by atoms with Crippen LogP contribution in [0.2, 0.25) is 0 Å². The number of hydrogen-bond donors (Lipinski definition) is 2. The summed E-state index contributed by atoms with van der Waals surface area (Å²) in [6.45, 7) is -0.893. The number of carboxylic acids is 2. The van der Waals surface area contributed by atoms with Gasteiger partial charge in [0.2, 0.25) is 0 Å². The van der Waals surface area contributed by atoms with Crippen LogP contribution in [0.5, 0.6) is 11.5 Å². The zero-order valence-electron chi connectivity index (χ0n) is 13.6. The van der Waals surface area contributed by atoms with Crippen molar-refractivity contribution in [2.45, 2.75) is 0 Å². The van der Waals surface area contributed by atoms with E-state index >= 15 is 0 Å². The minimum atomic E-state index is -1.08. The van der Waals surface area contributed by atoms with E-state index in [1.165, 1.54) is 30.3 Å². The van der Waals surface area contributed by atoms with Gasteiger partial charge in [0.05, 0.1) is 0 Å². The van der Waals surface area contributed by atoms with Crippen molar-refractivity contribution in [1.29, 1.82) is 0 Å². The van der Waals surface area contributed by atoms with Gasteiger partial charge in [-0.05, 0) is 48.0 Å². The Morgan fingerprint density at radius 2 is 1.46 bits per heavy atom. The quantitative estimate of drug-likeness (QED) is 0.525. The van der Waals surface area contributed by atoms with Gasteiger partial charge in [-0.3, -0.25) is 4.79 Å². The highest BCUT2D eigenvalue weighted by molar-refractivity contribution is 6.06.